The summed E-state index contributed by atoms with van der Waals surface area (Å²) in [4.78, 5) is 31.2. The summed E-state index contributed by atoms with van der Waals surface area (Å²) in [5, 5.41) is 6.14. The predicted octanol–water partition coefficient (Wildman–Crippen LogP) is 3.09. The van der Waals surface area contributed by atoms with Crippen LogP contribution in [0.3, 0.4) is 0 Å². The first kappa shape index (κ1) is 20.1. The number of rotatable bonds is 8. The smallest absolute Gasteiger partial charge is 0.262 e. The highest BCUT2D eigenvalue weighted by atomic mass is 32.2. The molecule has 1 N–H and O–H groups in total. The van der Waals surface area contributed by atoms with Crippen LogP contribution in [0.2, 0.25) is 0 Å². The van der Waals surface area contributed by atoms with Crippen LogP contribution in [-0.4, -0.2) is 40.5 Å². The number of hydrogen-bond acceptors (Lipinski definition) is 6. The lowest BCUT2D eigenvalue weighted by Gasteiger charge is -2.13. The van der Waals surface area contributed by atoms with Crippen molar-refractivity contribution in [2.24, 2.45) is 0 Å². The van der Waals surface area contributed by atoms with Gasteiger partial charge in [-0.1, -0.05) is 30.0 Å². The summed E-state index contributed by atoms with van der Waals surface area (Å²) < 4.78 is 7.23. The van der Waals surface area contributed by atoms with Gasteiger partial charge in [-0.15, -0.1) is 11.3 Å². The molecule has 2 aromatic heterocycles. The van der Waals surface area contributed by atoms with Gasteiger partial charge in [0.1, 0.15) is 0 Å². The molecule has 152 valence electrons. The Balaban J connectivity index is 1.49. The molecule has 8 heteroatoms. The molecule has 0 spiro atoms. The third kappa shape index (κ3) is 5.07. The number of amides is 1. The molecule has 3 aromatic rings. The number of fused-ring (bicyclic) bond motifs is 1. The van der Waals surface area contributed by atoms with Crippen molar-refractivity contribution >= 4 is 39.9 Å². The van der Waals surface area contributed by atoms with Crippen molar-refractivity contribution in [3.8, 4) is 0 Å². The highest BCUT2D eigenvalue weighted by molar-refractivity contribution is 7.99. The number of carbonyl (C=O) groups excluding carboxylic acids is 1. The van der Waals surface area contributed by atoms with Crippen LogP contribution in [0.15, 0.2) is 51.7 Å². The van der Waals surface area contributed by atoms with E-state index in [0.717, 1.165) is 25.9 Å². The van der Waals surface area contributed by atoms with Crippen LogP contribution in [0.25, 0.3) is 10.9 Å². The van der Waals surface area contributed by atoms with E-state index in [2.05, 4.69) is 16.4 Å². The summed E-state index contributed by atoms with van der Waals surface area (Å²) in [5.41, 5.74) is 0.599. The highest BCUT2D eigenvalue weighted by Gasteiger charge is 2.17. The van der Waals surface area contributed by atoms with Gasteiger partial charge in [0.25, 0.3) is 5.56 Å². The van der Waals surface area contributed by atoms with Crippen molar-refractivity contribution in [2.45, 2.75) is 37.1 Å². The maximum absolute atomic E-state index is 13.0. The third-order valence-corrected chi connectivity index (χ3v) is 6.78. The number of nitrogens with one attached hydrogen (secondary N) is 1. The van der Waals surface area contributed by atoms with Crippen molar-refractivity contribution in [3.63, 3.8) is 0 Å². The van der Waals surface area contributed by atoms with E-state index >= 15 is 0 Å². The molecule has 1 fully saturated rings. The lowest BCUT2D eigenvalue weighted by atomic mass is 10.2. The van der Waals surface area contributed by atoms with E-state index in [1.54, 1.807) is 22.0 Å². The Morgan fingerprint density at radius 1 is 1.31 bits per heavy atom. The predicted molar refractivity (Wildman–Crippen MR) is 117 cm³/mol. The first-order valence-corrected chi connectivity index (χ1v) is 11.6. The van der Waals surface area contributed by atoms with Crippen molar-refractivity contribution in [1.29, 1.82) is 0 Å². The molecule has 0 radical (unpaired) electrons. The SMILES string of the molecule is O=C(CSc1nc2ccccc2c(=O)n1CCc1cccs1)NC[C@@H]1CCCO1. The maximum atomic E-state index is 13.0. The average molecular weight is 430 g/mol. The highest BCUT2D eigenvalue weighted by Crippen LogP contribution is 2.19. The van der Waals surface area contributed by atoms with E-state index < -0.39 is 0 Å². The fourth-order valence-corrected chi connectivity index (χ4v) is 4.90. The summed E-state index contributed by atoms with van der Waals surface area (Å²) in [6.45, 7) is 1.85. The van der Waals surface area contributed by atoms with Crippen LogP contribution in [0.5, 0.6) is 0 Å². The number of carbonyl (C=O) groups is 1. The van der Waals surface area contributed by atoms with Crippen LogP contribution in [0.1, 0.15) is 17.7 Å². The normalized spacial score (nSPS) is 16.3. The number of para-hydroxylation sites is 1. The Morgan fingerprint density at radius 3 is 3.00 bits per heavy atom. The summed E-state index contributed by atoms with van der Waals surface area (Å²) in [5.74, 6) is 0.147. The number of ether oxygens (including phenoxy) is 1. The molecule has 6 nitrogen and oxygen atoms in total. The summed E-state index contributed by atoms with van der Waals surface area (Å²) in [6.07, 6.45) is 2.91. The van der Waals surface area contributed by atoms with Crippen LogP contribution < -0.4 is 10.9 Å². The lowest BCUT2D eigenvalue weighted by molar-refractivity contribution is -0.119. The van der Waals surface area contributed by atoms with E-state index in [1.807, 2.05) is 29.6 Å². The topological polar surface area (TPSA) is 73.2 Å². The van der Waals surface area contributed by atoms with Gasteiger partial charge in [-0.3, -0.25) is 14.2 Å². The molecule has 1 aromatic carbocycles. The Morgan fingerprint density at radius 2 is 2.21 bits per heavy atom. The van der Waals surface area contributed by atoms with E-state index in [4.69, 9.17) is 4.74 Å². The Bertz CT molecular complexity index is 1030. The van der Waals surface area contributed by atoms with Gasteiger partial charge in [-0.25, -0.2) is 4.98 Å². The number of nitrogens with zero attached hydrogens (tertiary/aromatic N) is 2. The molecule has 0 saturated carbocycles. The second kappa shape index (κ2) is 9.56. The minimum Gasteiger partial charge on any atom is -0.376 e. The number of hydrogen-bond donors (Lipinski definition) is 1. The molecule has 4 rings (SSSR count). The van der Waals surface area contributed by atoms with Crippen LogP contribution in [0, 0.1) is 0 Å². The minimum atomic E-state index is -0.0716. The third-order valence-electron chi connectivity index (χ3n) is 4.87. The van der Waals surface area contributed by atoms with Gasteiger partial charge in [-0.2, -0.15) is 0 Å². The zero-order valence-electron chi connectivity index (χ0n) is 16.0. The van der Waals surface area contributed by atoms with Gasteiger partial charge >= 0.3 is 0 Å². The van der Waals surface area contributed by atoms with Gasteiger partial charge < -0.3 is 10.1 Å². The molecule has 1 atom stereocenters. The zero-order chi connectivity index (χ0) is 20.1. The standard InChI is InChI=1S/C21H23N3O3S2/c25-19(22-13-15-5-3-11-27-15)14-29-21-23-18-8-2-1-7-17(18)20(26)24(21)10-9-16-6-4-12-28-16/h1-2,4,6-8,12,15H,3,5,9-11,13-14H2,(H,22,25)/t15-/m0/s1. The van der Waals surface area contributed by atoms with E-state index in [-0.39, 0.29) is 23.3 Å². The van der Waals surface area contributed by atoms with Crippen LogP contribution in [-0.2, 0) is 22.5 Å². The first-order valence-electron chi connectivity index (χ1n) is 9.74. The van der Waals surface area contributed by atoms with Crippen molar-refractivity contribution in [2.75, 3.05) is 18.9 Å². The van der Waals surface area contributed by atoms with E-state index in [9.17, 15) is 9.59 Å². The Kier molecular flexibility index (Phi) is 6.63. The largest absolute Gasteiger partial charge is 0.376 e. The number of benzene rings is 1. The van der Waals surface area contributed by atoms with Crippen LogP contribution >= 0.6 is 23.1 Å². The van der Waals surface area contributed by atoms with Crippen molar-refractivity contribution in [3.05, 3.63) is 57.0 Å². The molecule has 3 heterocycles. The summed E-state index contributed by atoms with van der Waals surface area (Å²) in [6, 6.07) is 11.4. The number of aromatic nitrogens is 2. The zero-order valence-corrected chi connectivity index (χ0v) is 17.6. The fraction of sp³-hybridized carbons (Fsp3) is 0.381. The fourth-order valence-electron chi connectivity index (χ4n) is 3.35. The lowest BCUT2D eigenvalue weighted by Crippen LogP contribution is -2.33. The Hall–Kier alpha value is -2.16. The van der Waals surface area contributed by atoms with Crippen molar-refractivity contribution < 1.29 is 9.53 Å². The minimum absolute atomic E-state index is 0.0607. The molecular weight excluding hydrogens is 406 g/mol. The van der Waals surface area contributed by atoms with Gasteiger partial charge in [0.15, 0.2) is 5.16 Å². The molecule has 0 aliphatic carbocycles. The Labute approximate surface area is 177 Å². The second-order valence-corrected chi connectivity index (χ2v) is 8.90. The van der Waals surface area contributed by atoms with Gasteiger partial charge in [-0.05, 0) is 42.8 Å². The molecular formula is C21H23N3O3S2. The maximum Gasteiger partial charge on any atom is 0.262 e. The van der Waals surface area contributed by atoms with Crippen LogP contribution in [0.4, 0.5) is 0 Å². The summed E-state index contributed by atoms with van der Waals surface area (Å²) >= 11 is 2.98. The quantitative estimate of drug-likeness (QED) is 0.440. The van der Waals surface area contributed by atoms with E-state index in [0.29, 0.717) is 29.1 Å². The molecule has 0 unspecified atom stereocenters. The summed E-state index contributed by atoms with van der Waals surface area (Å²) in [7, 11) is 0. The molecule has 1 saturated heterocycles. The van der Waals surface area contributed by atoms with Gasteiger partial charge in [0, 0.05) is 24.6 Å². The van der Waals surface area contributed by atoms with Crippen molar-refractivity contribution in [1.82, 2.24) is 14.9 Å². The van der Waals surface area contributed by atoms with E-state index in [1.165, 1.54) is 16.6 Å². The monoisotopic (exact) mass is 429 g/mol. The average Bonchev–Trinajstić information content (AvgIpc) is 3.44. The number of thiophene rings is 1. The van der Waals surface area contributed by atoms with Gasteiger partial charge in [0.2, 0.25) is 5.91 Å². The first-order chi connectivity index (χ1) is 14.2. The molecule has 29 heavy (non-hydrogen) atoms. The molecule has 0 bridgehead atoms. The second-order valence-electron chi connectivity index (χ2n) is 6.93. The molecule has 1 amide bonds. The molecule has 1 aliphatic rings. The number of thioether (sulfide) groups is 1. The number of aryl methyl sites for hydroxylation is 1. The molecule has 1 aliphatic heterocycles. The van der Waals surface area contributed by atoms with Gasteiger partial charge in [0.05, 0.1) is 22.8 Å².